The third kappa shape index (κ3) is 15.4. The second kappa shape index (κ2) is 22.3. The predicted octanol–water partition coefficient (Wildman–Crippen LogP) is 6.39. The molecule has 1 aliphatic heterocycles. The largest absolute Gasteiger partial charge is 1.00 e. The van der Waals surface area contributed by atoms with Gasteiger partial charge >= 0.3 is 24.2 Å². The van der Waals surface area contributed by atoms with Crippen LogP contribution < -0.4 is 18.9 Å². The summed E-state index contributed by atoms with van der Waals surface area (Å²) in [6.07, 6.45) is 0. The van der Waals surface area contributed by atoms with Crippen molar-refractivity contribution >= 4 is 92.0 Å². The SMILES string of the molecule is CN(C)C(=O)Cl.CN(C)C(=O)c1sc(C(=O)N(C)C)c2ccccc12.C[N-][Si](C)(C)C.O=S1Cc2ccccc2C1.[Li+].c1ccc2cscc2c1. The number of benzene rings is 3. The fourth-order valence-corrected chi connectivity index (χ4v) is 7.43. The maximum Gasteiger partial charge on any atom is 1.00 e. The Balaban J connectivity index is 0.000000345. The van der Waals surface area contributed by atoms with Crippen LogP contribution in [0.1, 0.15) is 30.5 Å². The second-order valence-electron chi connectivity index (χ2n) is 12.7. The standard InChI is InChI=1S/C14H16N2O2S.C8H8OS.C8H6S.C4H12NSi.C3H6ClNO.Li/c1-15(2)13(17)11-9-7-5-6-8-10(9)12(19-11)14(18)16(3)4;9-10-5-7-3-1-2-4-8(7)6-10;1-2-4-8-6-9-5-7(8)3-1;1-5-6(2,3)4;1-5(2)3(4)6;/h5-8H,1-4H3;1-4H,5-6H2;1-6H;1-4H3;1-2H3;/q;;;-1;;+1. The quantitative estimate of drug-likeness (QED) is 0.121. The van der Waals surface area contributed by atoms with E-state index in [0.29, 0.717) is 9.75 Å². The van der Waals surface area contributed by atoms with Crippen LogP contribution in [0.15, 0.2) is 83.6 Å². The Hall–Kier alpha value is -2.80. The fraction of sp³-hybridized carbons (Fsp3) is 0.324. The van der Waals surface area contributed by atoms with Gasteiger partial charge in [0.2, 0.25) is 0 Å². The number of rotatable bonds is 3. The number of amides is 3. The number of carbonyl (C=O) groups is 3. The molecule has 0 saturated carbocycles. The summed E-state index contributed by atoms with van der Waals surface area (Å²) in [6.45, 7) is 6.65. The van der Waals surface area contributed by atoms with Gasteiger partial charge in [-0.05, 0) is 44.3 Å². The summed E-state index contributed by atoms with van der Waals surface area (Å²) in [5.74, 6) is 1.38. The zero-order valence-corrected chi connectivity index (χ0v) is 35.7. The van der Waals surface area contributed by atoms with E-state index in [-0.39, 0.29) is 30.7 Å². The van der Waals surface area contributed by atoms with Gasteiger partial charge < -0.3 is 19.7 Å². The van der Waals surface area contributed by atoms with Gasteiger partial charge in [-0.3, -0.25) is 18.6 Å². The molecule has 6 rings (SSSR count). The molecule has 51 heavy (non-hydrogen) atoms. The Kier molecular flexibility index (Phi) is 20.2. The van der Waals surface area contributed by atoms with E-state index < -0.39 is 24.4 Å². The molecule has 2 aromatic heterocycles. The van der Waals surface area contributed by atoms with Crippen LogP contribution in [0.4, 0.5) is 4.79 Å². The molecule has 0 aliphatic carbocycles. The normalized spacial score (nSPS) is 11.4. The first-order chi connectivity index (χ1) is 23.5. The van der Waals surface area contributed by atoms with Gasteiger partial charge in [0.25, 0.3) is 11.8 Å². The van der Waals surface area contributed by atoms with Crippen molar-refractivity contribution in [2.24, 2.45) is 0 Å². The molecule has 8 nitrogen and oxygen atoms in total. The van der Waals surface area contributed by atoms with Gasteiger partial charge in [0.05, 0.1) is 0 Å². The van der Waals surface area contributed by atoms with Crippen molar-refractivity contribution in [1.29, 1.82) is 0 Å². The number of nitrogens with zero attached hydrogens (tertiary/aromatic N) is 4. The molecule has 0 fully saturated rings. The first kappa shape index (κ1) is 46.2. The molecule has 270 valence electrons. The minimum atomic E-state index is -1.01. The Morgan fingerprint density at radius 3 is 1.33 bits per heavy atom. The van der Waals surface area contributed by atoms with E-state index in [1.54, 1.807) is 53.6 Å². The number of hydrogen-bond donors (Lipinski definition) is 0. The summed E-state index contributed by atoms with van der Waals surface area (Å²) in [5, 5.41) is 8.28. The van der Waals surface area contributed by atoms with Crippen LogP contribution >= 0.6 is 34.3 Å². The van der Waals surface area contributed by atoms with Gasteiger partial charge in [-0.2, -0.15) is 18.4 Å². The summed E-state index contributed by atoms with van der Waals surface area (Å²) in [4.78, 5) is 43.9. The van der Waals surface area contributed by atoms with Crippen LogP contribution in [0.3, 0.4) is 0 Å². The van der Waals surface area contributed by atoms with Gasteiger partial charge in [-0.25, -0.2) is 0 Å². The van der Waals surface area contributed by atoms with E-state index in [4.69, 9.17) is 11.6 Å². The van der Waals surface area contributed by atoms with E-state index in [2.05, 4.69) is 71.8 Å². The third-order valence-electron chi connectivity index (χ3n) is 6.98. The number of carbonyl (C=O) groups excluding carboxylic acids is 3. The van der Waals surface area contributed by atoms with Crippen LogP contribution in [0.2, 0.25) is 19.6 Å². The molecule has 3 amide bonds. The average Bonchev–Trinajstić information content (AvgIpc) is 3.81. The van der Waals surface area contributed by atoms with Crippen molar-refractivity contribution in [3.63, 3.8) is 0 Å². The second-order valence-corrected chi connectivity index (χ2v) is 21.1. The smallest absolute Gasteiger partial charge is 0.668 e. The molecule has 0 saturated heterocycles. The van der Waals surface area contributed by atoms with Crippen LogP contribution in [0, 0.1) is 0 Å². The third-order valence-corrected chi connectivity index (χ3v) is 11.9. The summed E-state index contributed by atoms with van der Waals surface area (Å²) in [5.41, 5.74) is 2.53. The molecular formula is C37H48ClLiN4O4S3Si. The fourth-order valence-electron chi connectivity index (χ4n) is 3.96. The van der Waals surface area contributed by atoms with Crippen LogP contribution in [0.5, 0.6) is 0 Å². The minimum absolute atomic E-state index is 0. The van der Waals surface area contributed by atoms with E-state index >= 15 is 0 Å². The molecule has 3 heterocycles. The van der Waals surface area contributed by atoms with Gasteiger partial charge in [-0.1, -0.05) is 101 Å². The Labute approximate surface area is 331 Å². The van der Waals surface area contributed by atoms with E-state index in [1.807, 2.05) is 43.4 Å². The minimum Gasteiger partial charge on any atom is -0.668 e. The molecule has 5 aromatic rings. The topological polar surface area (TPSA) is 92.1 Å². The number of fused-ring (bicyclic) bond motifs is 3. The van der Waals surface area contributed by atoms with Gasteiger partial charge in [-0.15, -0.1) is 11.3 Å². The Morgan fingerprint density at radius 1 is 0.686 bits per heavy atom. The van der Waals surface area contributed by atoms with Crippen molar-refractivity contribution in [1.82, 2.24) is 14.7 Å². The first-order valence-corrected chi connectivity index (χ1v) is 22.8. The molecule has 0 N–H and O–H groups in total. The van der Waals surface area contributed by atoms with Crippen LogP contribution in [-0.2, 0) is 22.3 Å². The van der Waals surface area contributed by atoms with Crippen LogP contribution in [0.25, 0.3) is 26.5 Å². The molecule has 3 aromatic carbocycles. The predicted molar refractivity (Wildman–Crippen MR) is 219 cm³/mol. The van der Waals surface area contributed by atoms with Crippen molar-refractivity contribution in [2.45, 2.75) is 31.1 Å². The molecule has 0 bridgehead atoms. The molecule has 0 spiro atoms. The molecule has 0 atom stereocenters. The van der Waals surface area contributed by atoms with Crippen molar-refractivity contribution < 1.29 is 37.5 Å². The van der Waals surface area contributed by atoms with Crippen molar-refractivity contribution in [3.8, 4) is 0 Å². The molecule has 1 aliphatic rings. The summed E-state index contributed by atoms with van der Waals surface area (Å²) < 4.78 is 11.0. The zero-order chi connectivity index (χ0) is 37.6. The molecule has 0 unspecified atom stereocenters. The van der Waals surface area contributed by atoms with Gasteiger partial charge in [0, 0.05) is 75.4 Å². The van der Waals surface area contributed by atoms with Crippen LogP contribution in [-0.4, -0.2) is 93.7 Å². The number of hydrogen-bond acceptors (Lipinski definition) is 6. The van der Waals surface area contributed by atoms with Crippen molar-refractivity contribution in [2.75, 3.05) is 49.3 Å². The van der Waals surface area contributed by atoms with Gasteiger partial charge in [0.15, 0.2) is 0 Å². The Morgan fingerprint density at radius 2 is 1.02 bits per heavy atom. The number of thiophene rings is 2. The zero-order valence-electron chi connectivity index (χ0n) is 31.5. The van der Waals surface area contributed by atoms with E-state index in [0.717, 1.165) is 22.3 Å². The van der Waals surface area contributed by atoms with E-state index in [9.17, 15) is 18.6 Å². The summed E-state index contributed by atoms with van der Waals surface area (Å²) >= 11 is 7.92. The van der Waals surface area contributed by atoms with Crippen molar-refractivity contribution in [3.05, 3.63) is 109 Å². The first-order valence-electron chi connectivity index (χ1n) is 15.7. The molecular weight excluding hydrogens is 731 g/mol. The maximum absolute atomic E-state index is 12.2. The maximum atomic E-state index is 12.2. The summed E-state index contributed by atoms with van der Waals surface area (Å²) in [6, 6.07) is 24.0. The summed E-state index contributed by atoms with van der Waals surface area (Å²) in [7, 11) is 10.3. The molecule has 14 heteroatoms. The Bertz CT molecular complexity index is 1780. The van der Waals surface area contributed by atoms with E-state index in [1.165, 1.54) is 47.9 Å². The molecule has 0 radical (unpaired) electrons. The van der Waals surface area contributed by atoms with Gasteiger partial charge in [0.1, 0.15) is 9.75 Å². The number of halogens is 1. The monoisotopic (exact) mass is 778 g/mol. The average molecular weight is 779 g/mol.